The Morgan fingerprint density at radius 1 is 0.806 bits per heavy atom. The molecule has 0 unspecified atom stereocenters. The summed E-state index contributed by atoms with van der Waals surface area (Å²) in [5, 5.41) is 50.5. The van der Waals surface area contributed by atoms with Gasteiger partial charge in [0.15, 0.2) is 17.3 Å². The number of benzene rings is 2. The first-order valence-electron chi connectivity index (χ1n) is 10.2. The van der Waals surface area contributed by atoms with E-state index in [1.165, 1.54) is 17.7 Å². The molecule has 0 heterocycles. The summed E-state index contributed by atoms with van der Waals surface area (Å²) in [6.45, 7) is 5.97. The predicted octanol–water partition coefficient (Wildman–Crippen LogP) is 5.27. The Balaban J connectivity index is 2.24. The van der Waals surface area contributed by atoms with Crippen LogP contribution < -0.4 is 0 Å². The number of carbonyl (C=O) groups excluding carboxylic acids is 1. The van der Waals surface area contributed by atoms with Crippen LogP contribution in [0.25, 0.3) is 0 Å². The van der Waals surface area contributed by atoms with Crippen molar-refractivity contribution in [3.63, 3.8) is 0 Å². The molecule has 2 rings (SSSR count). The molecule has 0 saturated heterocycles. The summed E-state index contributed by atoms with van der Waals surface area (Å²) in [6.07, 6.45) is 5.98. The highest BCUT2D eigenvalue weighted by molar-refractivity contribution is 6.03. The monoisotopic (exact) mass is 426 g/mol. The van der Waals surface area contributed by atoms with Crippen molar-refractivity contribution in [3.8, 4) is 28.7 Å². The minimum Gasteiger partial charge on any atom is -0.508 e. The summed E-state index contributed by atoms with van der Waals surface area (Å²) in [6, 6.07) is 6.35. The summed E-state index contributed by atoms with van der Waals surface area (Å²) in [5.74, 6) is -3.28. The molecule has 0 bridgehead atoms. The first-order chi connectivity index (χ1) is 14.6. The van der Waals surface area contributed by atoms with Crippen molar-refractivity contribution in [3.05, 3.63) is 64.3 Å². The maximum atomic E-state index is 12.7. The summed E-state index contributed by atoms with van der Waals surface area (Å²) in [7, 11) is 0. The van der Waals surface area contributed by atoms with Gasteiger partial charge < -0.3 is 25.5 Å². The minimum atomic E-state index is -0.835. The predicted molar refractivity (Wildman–Crippen MR) is 120 cm³/mol. The van der Waals surface area contributed by atoms with Crippen LogP contribution in [-0.4, -0.2) is 31.3 Å². The van der Waals surface area contributed by atoms with Crippen molar-refractivity contribution < 1.29 is 30.3 Å². The lowest BCUT2D eigenvalue weighted by Gasteiger charge is -2.14. The molecule has 0 atom stereocenters. The lowest BCUT2D eigenvalue weighted by Crippen LogP contribution is -2.04. The molecule has 0 aromatic heterocycles. The number of rotatable bonds is 9. The van der Waals surface area contributed by atoms with Gasteiger partial charge in [-0.1, -0.05) is 35.4 Å². The fourth-order valence-electron chi connectivity index (χ4n) is 3.22. The van der Waals surface area contributed by atoms with Crippen LogP contribution >= 0.6 is 0 Å². The third-order valence-corrected chi connectivity index (χ3v) is 5.10. The molecule has 31 heavy (non-hydrogen) atoms. The standard InChI is InChI=1S/C25H30O6/c1-15(2)5-4-6-16(3)7-13-19-22(28)21(24(30)25(31)23(19)29)20(27)14-10-17-8-11-18(26)12-9-17/h5,7-9,11-12,26,28-31H,4,6,10,13-14H2,1-3H3. The van der Waals surface area contributed by atoms with Gasteiger partial charge in [-0.15, -0.1) is 0 Å². The number of Topliss-reactive ketones (excluding diaryl/α,β-unsaturated/α-hetero) is 1. The zero-order valence-electron chi connectivity index (χ0n) is 18.1. The quantitative estimate of drug-likeness (QED) is 0.161. The third-order valence-electron chi connectivity index (χ3n) is 5.10. The maximum absolute atomic E-state index is 12.7. The smallest absolute Gasteiger partial charge is 0.201 e. The minimum absolute atomic E-state index is 0.00940. The molecule has 0 fully saturated rings. The number of phenolic OH excluding ortho intramolecular Hbond substituents is 5. The SMILES string of the molecule is CC(C)=CCCC(C)=CCc1c(O)c(O)c(O)c(C(=O)CCc2ccc(O)cc2)c1O. The molecule has 0 aliphatic rings. The number of aryl methyl sites for hydroxylation is 1. The lowest BCUT2D eigenvalue weighted by atomic mass is 9.95. The third kappa shape index (κ3) is 6.28. The van der Waals surface area contributed by atoms with Gasteiger partial charge in [0.05, 0.1) is 0 Å². The Morgan fingerprint density at radius 2 is 1.45 bits per heavy atom. The molecule has 166 valence electrons. The largest absolute Gasteiger partial charge is 0.508 e. The molecule has 5 N–H and O–H groups in total. The molecule has 0 aliphatic carbocycles. The molecule has 0 spiro atoms. The van der Waals surface area contributed by atoms with Crippen LogP contribution in [0.3, 0.4) is 0 Å². The van der Waals surface area contributed by atoms with Crippen LogP contribution in [0.15, 0.2) is 47.6 Å². The zero-order chi connectivity index (χ0) is 23.1. The van der Waals surface area contributed by atoms with Crippen molar-refractivity contribution in [2.75, 3.05) is 0 Å². The number of carbonyl (C=O) groups is 1. The van der Waals surface area contributed by atoms with Crippen LogP contribution in [0.4, 0.5) is 0 Å². The van der Waals surface area contributed by atoms with E-state index in [0.29, 0.717) is 6.42 Å². The lowest BCUT2D eigenvalue weighted by molar-refractivity contribution is 0.0976. The van der Waals surface area contributed by atoms with E-state index >= 15 is 0 Å². The summed E-state index contributed by atoms with van der Waals surface area (Å²) in [5.41, 5.74) is 2.64. The van der Waals surface area contributed by atoms with E-state index in [-0.39, 0.29) is 24.2 Å². The van der Waals surface area contributed by atoms with Crippen molar-refractivity contribution in [1.29, 1.82) is 0 Å². The number of aromatic hydroxyl groups is 5. The average Bonchev–Trinajstić information content (AvgIpc) is 2.71. The molecule has 0 saturated carbocycles. The first kappa shape index (κ1) is 23.9. The van der Waals surface area contributed by atoms with E-state index in [1.807, 2.05) is 26.8 Å². The average molecular weight is 427 g/mol. The summed E-state index contributed by atoms with van der Waals surface area (Å²) >= 11 is 0. The number of hydrogen-bond donors (Lipinski definition) is 5. The fraction of sp³-hybridized carbons (Fsp3) is 0.320. The van der Waals surface area contributed by atoms with E-state index in [0.717, 1.165) is 24.0 Å². The molecule has 0 amide bonds. The Labute approximate surface area is 182 Å². The van der Waals surface area contributed by atoms with Gasteiger partial charge in [-0.25, -0.2) is 0 Å². The van der Waals surface area contributed by atoms with E-state index < -0.39 is 34.3 Å². The highest BCUT2D eigenvalue weighted by Gasteiger charge is 2.26. The zero-order valence-corrected chi connectivity index (χ0v) is 18.1. The van der Waals surface area contributed by atoms with Crippen LogP contribution in [0, 0.1) is 0 Å². The van der Waals surface area contributed by atoms with Gasteiger partial charge >= 0.3 is 0 Å². The number of hydrogen-bond acceptors (Lipinski definition) is 6. The van der Waals surface area contributed by atoms with Crippen LogP contribution in [0.1, 0.15) is 61.5 Å². The van der Waals surface area contributed by atoms with Crippen molar-refractivity contribution in [1.82, 2.24) is 0 Å². The van der Waals surface area contributed by atoms with Crippen LogP contribution in [-0.2, 0) is 12.8 Å². The van der Waals surface area contributed by atoms with Crippen molar-refractivity contribution >= 4 is 5.78 Å². The van der Waals surface area contributed by atoms with Crippen molar-refractivity contribution in [2.45, 2.75) is 52.9 Å². The Bertz CT molecular complexity index is 996. The van der Waals surface area contributed by atoms with E-state index in [9.17, 15) is 30.3 Å². The summed E-state index contributed by atoms with van der Waals surface area (Å²) in [4.78, 5) is 12.7. The van der Waals surface area contributed by atoms with Gasteiger partial charge in [0.1, 0.15) is 17.1 Å². The Kier molecular flexibility index (Phi) is 8.14. The number of allylic oxidation sites excluding steroid dienone is 4. The topological polar surface area (TPSA) is 118 Å². The number of ketones is 1. The second-order valence-corrected chi connectivity index (χ2v) is 7.91. The highest BCUT2D eigenvalue weighted by Crippen LogP contribution is 2.47. The van der Waals surface area contributed by atoms with E-state index in [2.05, 4.69) is 6.08 Å². The molecular weight excluding hydrogens is 396 g/mol. The first-order valence-corrected chi connectivity index (χ1v) is 10.2. The molecule has 6 nitrogen and oxygen atoms in total. The maximum Gasteiger partial charge on any atom is 0.201 e. The van der Waals surface area contributed by atoms with Gasteiger partial charge in [0.2, 0.25) is 5.75 Å². The van der Waals surface area contributed by atoms with Crippen LogP contribution in [0.2, 0.25) is 0 Å². The molecule has 2 aromatic rings. The summed E-state index contributed by atoms with van der Waals surface area (Å²) < 4.78 is 0. The van der Waals surface area contributed by atoms with Gasteiger partial charge in [-0.05, 0) is 64.2 Å². The Hall–Kier alpha value is -3.41. The van der Waals surface area contributed by atoms with E-state index in [4.69, 9.17) is 0 Å². The van der Waals surface area contributed by atoms with E-state index in [1.54, 1.807) is 12.1 Å². The van der Waals surface area contributed by atoms with Gasteiger partial charge in [-0.3, -0.25) is 4.79 Å². The molecule has 2 aromatic carbocycles. The molecule has 0 radical (unpaired) electrons. The second-order valence-electron chi connectivity index (χ2n) is 7.91. The van der Waals surface area contributed by atoms with Gasteiger partial charge in [0.25, 0.3) is 0 Å². The Morgan fingerprint density at radius 3 is 2.06 bits per heavy atom. The van der Waals surface area contributed by atoms with Gasteiger partial charge in [-0.2, -0.15) is 0 Å². The highest BCUT2D eigenvalue weighted by atomic mass is 16.3. The normalized spacial score (nSPS) is 11.4. The molecule has 6 heteroatoms. The molecule has 0 aliphatic heterocycles. The fourth-order valence-corrected chi connectivity index (χ4v) is 3.22. The van der Waals surface area contributed by atoms with Crippen molar-refractivity contribution in [2.24, 2.45) is 0 Å². The second kappa shape index (κ2) is 10.6. The molecular formula is C25H30O6. The number of phenols is 5. The van der Waals surface area contributed by atoms with Gasteiger partial charge in [0, 0.05) is 12.0 Å². The van der Waals surface area contributed by atoms with Crippen LogP contribution in [0.5, 0.6) is 28.7 Å².